The number of hydrogen-bond donors (Lipinski definition) is 1. The largest absolute Gasteiger partial charge is 0.463 e. The van der Waals surface area contributed by atoms with Crippen LogP contribution in [0.5, 0.6) is 5.88 Å². The number of aromatic nitrogens is 2. The maximum Gasteiger partial charge on any atom is 0.253 e. The first-order valence-electron chi connectivity index (χ1n) is 10.3. The number of alkyl halides is 2. The van der Waals surface area contributed by atoms with Crippen molar-refractivity contribution in [3.8, 4) is 18.2 Å². The second-order valence-electron chi connectivity index (χ2n) is 8.39. The van der Waals surface area contributed by atoms with Gasteiger partial charge < -0.3 is 10.5 Å². The van der Waals surface area contributed by atoms with Gasteiger partial charge in [-0.3, -0.25) is 9.79 Å². The summed E-state index contributed by atoms with van der Waals surface area (Å²) in [6.07, 6.45) is 3.40. The molecule has 1 saturated carbocycles. The third-order valence-electron chi connectivity index (χ3n) is 6.13. The zero-order valence-corrected chi connectivity index (χ0v) is 19.1. The van der Waals surface area contributed by atoms with Gasteiger partial charge in [-0.25, -0.2) is 27.5 Å². The molecule has 0 bridgehead atoms. The third-order valence-corrected chi connectivity index (χ3v) is 7.44. The number of Topliss-reactive ketones (excluding diaryl/α,β-unsaturated/α-hetero) is 1. The van der Waals surface area contributed by atoms with E-state index < -0.39 is 40.0 Å². The van der Waals surface area contributed by atoms with Crippen LogP contribution in [0.4, 0.5) is 17.6 Å². The highest BCUT2D eigenvalue weighted by Gasteiger charge is 2.71. The van der Waals surface area contributed by atoms with Crippen molar-refractivity contribution in [1.82, 2.24) is 9.97 Å². The van der Waals surface area contributed by atoms with Gasteiger partial charge in [0.2, 0.25) is 5.88 Å². The van der Waals surface area contributed by atoms with Crippen LogP contribution in [-0.4, -0.2) is 38.7 Å². The Morgan fingerprint density at radius 2 is 2.15 bits per heavy atom. The molecule has 178 valence electrons. The standard InChI is InChI=1S/C23H20F4N4O2S/c1-4-5-33-17-10-29-19(11(2)30-17)15(32)8-12-6-13(18(25)14(24)7-12)22(3)16-9-23(16,20(26)27)34-21(28)31-22/h1,6-7,10,16,20H,5,8-9H2,2-3H3,(H2,28,31)/t16-,22+,23-/m0/s1. The van der Waals surface area contributed by atoms with Gasteiger partial charge in [-0.05, 0) is 38.0 Å². The first kappa shape index (κ1) is 24.0. The highest BCUT2D eigenvalue weighted by Crippen LogP contribution is 2.68. The molecule has 1 aromatic heterocycles. The maximum atomic E-state index is 14.9. The fourth-order valence-corrected chi connectivity index (χ4v) is 5.74. The minimum absolute atomic E-state index is 0.0167. The number of aliphatic imine (C=N–C) groups is 1. The van der Waals surface area contributed by atoms with E-state index in [0.29, 0.717) is 0 Å². The average molecular weight is 492 g/mol. The monoisotopic (exact) mass is 492 g/mol. The van der Waals surface area contributed by atoms with Crippen LogP contribution in [0.25, 0.3) is 0 Å². The summed E-state index contributed by atoms with van der Waals surface area (Å²) in [4.78, 5) is 25.3. The number of aryl methyl sites for hydroxylation is 1. The number of terminal acetylenes is 1. The zero-order valence-electron chi connectivity index (χ0n) is 18.2. The molecular formula is C23H20F4N4O2S. The van der Waals surface area contributed by atoms with Crippen LogP contribution >= 0.6 is 11.8 Å². The van der Waals surface area contributed by atoms with Crippen LogP contribution in [0.2, 0.25) is 0 Å². The normalized spacial score (nSPS) is 25.4. The number of ketones is 1. The van der Waals surface area contributed by atoms with Crippen LogP contribution < -0.4 is 10.5 Å². The molecule has 1 fully saturated rings. The van der Waals surface area contributed by atoms with E-state index in [-0.39, 0.29) is 53.0 Å². The summed E-state index contributed by atoms with van der Waals surface area (Å²) in [7, 11) is 0. The second kappa shape index (κ2) is 8.58. The maximum absolute atomic E-state index is 14.9. The fourth-order valence-electron chi connectivity index (χ4n) is 4.41. The molecule has 2 N–H and O–H groups in total. The predicted molar refractivity (Wildman–Crippen MR) is 119 cm³/mol. The molecule has 0 radical (unpaired) electrons. The highest BCUT2D eigenvalue weighted by atomic mass is 32.2. The van der Waals surface area contributed by atoms with Crippen molar-refractivity contribution in [2.45, 2.75) is 43.4 Å². The zero-order chi connectivity index (χ0) is 24.8. The lowest BCUT2D eigenvalue weighted by atomic mass is 9.84. The molecule has 2 aliphatic rings. The van der Waals surface area contributed by atoms with E-state index in [2.05, 4.69) is 20.9 Å². The number of ether oxygens (including phenoxy) is 1. The molecule has 4 rings (SSSR count). The average Bonchev–Trinajstić information content (AvgIpc) is 3.51. The van der Waals surface area contributed by atoms with E-state index in [1.54, 1.807) is 6.92 Å². The van der Waals surface area contributed by atoms with Gasteiger partial charge in [0.05, 0.1) is 22.2 Å². The number of fused-ring (bicyclic) bond motifs is 1. The molecule has 3 atom stereocenters. The minimum Gasteiger partial charge on any atom is -0.463 e. The van der Waals surface area contributed by atoms with Crippen LogP contribution in [0.15, 0.2) is 23.3 Å². The molecule has 1 aromatic carbocycles. The molecular weight excluding hydrogens is 472 g/mol. The number of rotatable bonds is 7. The first-order valence-corrected chi connectivity index (χ1v) is 11.1. The van der Waals surface area contributed by atoms with E-state index in [9.17, 15) is 22.4 Å². The number of thioether (sulfide) groups is 1. The Hall–Kier alpha value is -3.13. The van der Waals surface area contributed by atoms with Crippen molar-refractivity contribution in [3.63, 3.8) is 0 Å². The SMILES string of the molecule is C#CCOc1cnc(C(=O)Cc2cc(F)c(F)c([C@@]3(C)N=C(N)S[C@@]4(C(F)F)C[C@@H]34)c2)c(C)n1. The fraction of sp³-hybridized carbons (Fsp3) is 0.391. The third kappa shape index (κ3) is 4.00. The molecule has 34 heavy (non-hydrogen) atoms. The van der Waals surface area contributed by atoms with E-state index in [0.717, 1.165) is 17.8 Å². The van der Waals surface area contributed by atoms with E-state index in [1.807, 2.05) is 0 Å². The number of amidine groups is 1. The molecule has 2 aromatic rings. The van der Waals surface area contributed by atoms with Gasteiger partial charge in [0, 0.05) is 17.9 Å². The quantitative estimate of drug-likeness (QED) is 0.359. The summed E-state index contributed by atoms with van der Waals surface area (Å²) in [6.45, 7) is 2.99. The van der Waals surface area contributed by atoms with Crippen LogP contribution in [-0.2, 0) is 12.0 Å². The lowest BCUT2D eigenvalue weighted by molar-refractivity contribution is 0.0986. The number of carbonyl (C=O) groups is 1. The molecule has 1 aliphatic heterocycles. The molecule has 1 aliphatic carbocycles. The van der Waals surface area contributed by atoms with Gasteiger partial charge >= 0.3 is 0 Å². The van der Waals surface area contributed by atoms with E-state index >= 15 is 0 Å². The lowest BCUT2D eigenvalue weighted by Gasteiger charge is -2.34. The molecule has 0 amide bonds. The Balaban J connectivity index is 1.65. The number of benzene rings is 1. The summed E-state index contributed by atoms with van der Waals surface area (Å²) in [6, 6.07) is 2.18. The highest BCUT2D eigenvalue weighted by molar-refractivity contribution is 8.15. The molecule has 0 saturated heterocycles. The number of nitrogens with zero attached hydrogens (tertiary/aromatic N) is 3. The van der Waals surface area contributed by atoms with Crippen molar-refractivity contribution in [3.05, 3.63) is 52.5 Å². The Morgan fingerprint density at radius 3 is 2.79 bits per heavy atom. The van der Waals surface area contributed by atoms with Crippen molar-refractivity contribution in [2.24, 2.45) is 16.6 Å². The molecule has 0 unspecified atom stereocenters. The summed E-state index contributed by atoms with van der Waals surface area (Å²) in [5, 5.41) is -0.115. The smallest absolute Gasteiger partial charge is 0.253 e. The number of halogens is 4. The van der Waals surface area contributed by atoms with Gasteiger partial charge in [-0.1, -0.05) is 17.7 Å². The van der Waals surface area contributed by atoms with Gasteiger partial charge in [0.15, 0.2) is 29.2 Å². The number of carbonyl (C=O) groups excluding carboxylic acids is 1. The topological polar surface area (TPSA) is 90.5 Å². The Bertz CT molecular complexity index is 1250. The molecule has 11 heteroatoms. The lowest BCUT2D eigenvalue weighted by Crippen LogP contribution is -2.39. The number of hydrogen-bond acceptors (Lipinski definition) is 7. The molecule has 2 heterocycles. The van der Waals surface area contributed by atoms with E-state index in [1.165, 1.54) is 19.2 Å². The van der Waals surface area contributed by atoms with Crippen LogP contribution in [0.1, 0.15) is 40.7 Å². The van der Waals surface area contributed by atoms with Crippen LogP contribution in [0.3, 0.4) is 0 Å². The summed E-state index contributed by atoms with van der Waals surface area (Å²) in [5.41, 5.74) is 4.53. The van der Waals surface area contributed by atoms with Crippen molar-refractivity contribution in [1.29, 1.82) is 0 Å². The van der Waals surface area contributed by atoms with Crippen molar-refractivity contribution in [2.75, 3.05) is 6.61 Å². The Morgan fingerprint density at radius 1 is 1.41 bits per heavy atom. The first-order chi connectivity index (χ1) is 16.0. The van der Waals surface area contributed by atoms with Crippen molar-refractivity contribution < 1.29 is 27.1 Å². The van der Waals surface area contributed by atoms with Gasteiger partial charge in [0.25, 0.3) is 6.43 Å². The second-order valence-corrected chi connectivity index (χ2v) is 9.77. The van der Waals surface area contributed by atoms with Gasteiger partial charge in [-0.15, -0.1) is 6.42 Å². The van der Waals surface area contributed by atoms with Gasteiger partial charge in [-0.2, -0.15) is 0 Å². The van der Waals surface area contributed by atoms with E-state index in [4.69, 9.17) is 16.9 Å². The minimum atomic E-state index is -2.71. The Kier molecular flexibility index (Phi) is 6.06. The summed E-state index contributed by atoms with van der Waals surface area (Å²) >= 11 is 0.769. The molecule has 6 nitrogen and oxygen atoms in total. The van der Waals surface area contributed by atoms with Gasteiger partial charge in [0.1, 0.15) is 5.69 Å². The van der Waals surface area contributed by atoms with Crippen LogP contribution in [0, 0.1) is 36.8 Å². The molecule has 0 spiro atoms. The van der Waals surface area contributed by atoms with Crippen molar-refractivity contribution >= 4 is 22.7 Å². The Labute approximate surface area is 197 Å². The summed E-state index contributed by atoms with van der Waals surface area (Å²) in [5.74, 6) is -1.21. The predicted octanol–water partition coefficient (Wildman–Crippen LogP) is 3.80. The number of nitrogens with two attached hydrogens (primary N) is 1. The summed E-state index contributed by atoms with van der Waals surface area (Å²) < 4.78 is 60.7.